The first kappa shape index (κ1) is 18.9. The molecule has 1 fully saturated rings. The van der Waals surface area contributed by atoms with E-state index in [0.29, 0.717) is 5.92 Å². The van der Waals surface area contributed by atoms with Gasteiger partial charge in [0.1, 0.15) is 4.83 Å². The zero-order valence-corrected chi connectivity index (χ0v) is 16.9. The lowest BCUT2D eigenvalue weighted by Gasteiger charge is -2.26. The SMILES string of the molecule is CCC(C)Cc1c(C)sc2nc(SCCN3CCOCC3)[nH]c(=O)c12. The molecule has 1 N–H and O–H groups in total. The number of aryl methyl sites for hydroxylation is 1. The van der Waals surface area contributed by atoms with Gasteiger partial charge >= 0.3 is 0 Å². The van der Waals surface area contributed by atoms with Gasteiger partial charge in [0.15, 0.2) is 5.16 Å². The number of ether oxygens (including phenoxy) is 1. The van der Waals surface area contributed by atoms with Gasteiger partial charge in [0.25, 0.3) is 5.56 Å². The van der Waals surface area contributed by atoms with Gasteiger partial charge in [0.05, 0.1) is 18.6 Å². The Hall–Kier alpha value is -0.890. The van der Waals surface area contributed by atoms with Crippen LogP contribution in [0.3, 0.4) is 0 Å². The van der Waals surface area contributed by atoms with Crippen molar-refractivity contribution >= 4 is 33.3 Å². The van der Waals surface area contributed by atoms with Crippen LogP contribution >= 0.6 is 23.1 Å². The van der Waals surface area contributed by atoms with Crippen LogP contribution in [0.5, 0.6) is 0 Å². The van der Waals surface area contributed by atoms with Crippen molar-refractivity contribution in [3.05, 3.63) is 20.8 Å². The number of hydrogen-bond donors (Lipinski definition) is 1. The van der Waals surface area contributed by atoms with Crippen LogP contribution < -0.4 is 5.56 Å². The lowest BCUT2D eigenvalue weighted by Crippen LogP contribution is -2.37. The van der Waals surface area contributed by atoms with E-state index in [-0.39, 0.29) is 5.56 Å². The highest BCUT2D eigenvalue weighted by Gasteiger charge is 2.17. The number of fused-ring (bicyclic) bond motifs is 1. The number of thioether (sulfide) groups is 1. The third kappa shape index (κ3) is 4.64. The molecule has 2 aromatic rings. The van der Waals surface area contributed by atoms with Gasteiger partial charge in [0, 0.05) is 30.3 Å². The van der Waals surface area contributed by atoms with E-state index in [9.17, 15) is 4.79 Å². The molecule has 3 heterocycles. The summed E-state index contributed by atoms with van der Waals surface area (Å²) >= 11 is 3.28. The topological polar surface area (TPSA) is 58.2 Å². The molecule has 0 aromatic carbocycles. The third-order valence-electron chi connectivity index (χ3n) is 4.84. The van der Waals surface area contributed by atoms with Crippen molar-refractivity contribution in [3.63, 3.8) is 0 Å². The number of morpholine rings is 1. The van der Waals surface area contributed by atoms with Crippen molar-refractivity contribution in [2.24, 2.45) is 5.92 Å². The van der Waals surface area contributed by atoms with E-state index >= 15 is 0 Å². The fraction of sp³-hybridized carbons (Fsp3) is 0.667. The van der Waals surface area contributed by atoms with Gasteiger partial charge in [-0.15, -0.1) is 11.3 Å². The first-order valence-electron chi connectivity index (χ1n) is 9.03. The summed E-state index contributed by atoms with van der Waals surface area (Å²) in [6.45, 7) is 11.2. The van der Waals surface area contributed by atoms with Crippen molar-refractivity contribution in [2.45, 2.75) is 38.8 Å². The van der Waals surface area contributed by atoms with E-state index in [4.69, 9.17) is 9.72 Å². The molecule has 1 unspecified atom stereocenters. The molecule has 1 saturated heterocycles. The average Bonchev–Trinajstić information content (AvgIpc) is 2.91. The smallest absolute Gasteiger partial charge is 0.260 e. The summed E-state index contributed by atoms with van der Waals surface area (Å²) in [7, 11) is 0. The molecule has 1 atom stereocenters. The number of aromatic amines is 1. The Bertz CT molecular complexity index is 766. The number of thiophene rings is 1. The molecule has 0 amide bonds. The summed E-state index contributed by atoms with van der Waals surface area (Å²) in [5.41, 5.74) is 1.20. The summed E-state index contributed by atoms with van der Waals surface area (Å²) in [5.74, 6) is 1.51. The molecular formula is C18H27N3O2S2. The van der Waals surface area contributed by atoms with Crippen molar-refractivity contribution in [1.82, 2.24) is 14.9 Å². The summed E-state index contributed by atoms with van der Waals surface area (Å²) in [4.78, 5) is 24.9. The Morgan fingerprint density at radius 1 is 1.40 bits per heavy atom. The Morgan fingerprint density at radius 2 is 2.16 bits per heavy atom. The van der Waals surface area contributed by atoms with Crippen molar-refractivity contribution in [2.75, 3.05) is 38.6 Å². The molecule has 1 aliphatic heterocycles. The van der Waals surface area contributed by atoms with E-state index in [2.05, 4.69) is 30.7 Å². The van der Waals surface area contributed by atoms with Crippen molar-refractivity contribution in [3.8, 4) is 0 Å². The Balaban J connectivity index is 1.72. The van der Waals surface area contributed by atoms with Crippen LogP contribution in [-0.2, 0) is 11.2 Å². The van der Waals surface area contributed by atoms with Crippen LogP contribution in [-0.4, -0.2) is 53.5 Å². The van der Waals surface area contributed by atoms with Crippen LogP contribution in [0.1, 0.15) is 30.7 Å². The van der Waals surface area contributed by atoms with E-state index in [1.54, 1.807) is 23.1 Å². The molecule has 138 valence electrons. The zero-order valence-electron chi connectivity index (χ0n) is 15.3. The Kier molecular flexibility index (Phi) is 6.55. The predicted octanol–water partition coefficient (Wildman–Crippen LogP) is 3.31. The summed E-state index contributed by atoms with van der Waals surface area (Å²) in [6.07, 6.45) is 2.08. The quantitative estimate of drug-likeness (QED) is 0.589. The van der Waals surface area contributed by atoms with E-state index < -0.39 is 0 Å². The van der Waals surface area contributed by atoms with Gasteiger partial charge in [-0.3, -0.25) is 9.69 Å². The van der Waals surface area contributed by atoms with Crippen LogP contribution in [0.25, 0.3) is 10.2 Å². The maximum absolute atomic E-state index is 12.6. The number of nitrogens with one attached hydrogen (secondary N) is 1. The number of hydrogen-bond acceptors (Lipinski definition) is 6. The monoisotopic (exact) mass is 381 g/mol. The molecule has 0 spiro atoms. The van der Waals surface area contributed by atoms with Crippen LogP contribution in [0.4, 0.5) is 0 Å². The number of aromatic nitrogens is 2. The van der Waals surface area contributed by atoms with E-state index in [1.807, 2.05) is 0 Å². The predicted molar refractivity (Wildman–Crippen MR) is 106 cm³/mol. The largest absolute Gasteiger partial charge is 0.379 e. The first-order valence-corrected chi connectivity index (χ1v) is 10.8. The number of nitrogens with zero attached hydrogens (tertiary/aromatic N) is 2. The molecule has 1 aliphatic rings. The fourth-order valence-corrected chi connectivity index (χ4v) is 5.03. The van der Waals surface area contributed by atoms with Crippen LogP contribution in [0, 0.1) is 12.8 Å². The molecular weight excluding hydrogens is 354 g/mol. The zero-order chi connectivity index (χ0) is 17.8. The van der Waals surface area contributed by atoms with E-state index in [1.165, 1.54) is 10.4 Å². The molecule has 25 heavy (non-hydrogen) atoms. The maximum Gasteiger partial charge on any atom is 0.260 e. The van der Waals surface area contributed by atoms with Gasteiger partial charge in [-0.05, 0) is 24.8 Å². The minimum atomic E-state index is 0.0153. The lowest BCUT2D eigenvalue weighted by atomic mass is 9.98. The van der Waals surface area contributed by atoms with Gasteiger partial charge < -0.3 is 9.72 Å². The second-order valence-corrected chi connectivity index (χ2v) is 8.99. The minimum absolute atomic E-state index is 0.0153. The maximum atomic E-state index is 12.6. The van der Waals surface area contributed by atoms with Gasteiger partial charge in [-0.1, -0.05) is 32.0 Å². The van der Waals surface area contributed by atoms with Crippen LogP contribution in [0.2, 0.25) is 0 Å². The normalized spacial score (nSPS) is 17.2. The molecule has 3 rings (SSSR count). The molecule has 0 radical (unpaired) electrons. The summed E-state index contributed by atoms with van der Waals surface area (Å²) < 4.78 is 5.37. The lowest BCUT2D eigenvalue weighted by molar-refractivity contribution is 0.0410. The first-order chi connectivity index (χ1) is 12.1. The molecule has 0 saturated carbocycles. The second kappa shape index (κ2) is 8.66. The third-order valence-corrected chi connectivity index (χ3v) is 6.74. The average molecular weight is 382 g/mol. The molecule has 0 aliphatic carbocycles. The number of rotatable bonds is 7. The number of H-pyrrole nitrogens is 1. The molecule has 0 bridgehead atoms. The van der Waals surface area contributed by atoms with E-state index in [0.717, 1.165) is 66.8 Å². The Morgan fingerprint density at radius 3 is 2.88 bits per heavy atom. The fourth-order valence-electron chi connectivity index (χ4n) is 3.06. The second-order valence-electron chi connectivity index (χ2n) is 6.71. The molecule has 2 aromatic heterocycles. The Labute approximate surface area is 157 Å². The molecule has 7 heteroatoms. The van der Waals surface area contributed by atoms with Crippen molar-refractivity contribution < 1.29 is 4.74 Å². The molecule has 5 nitrogen and oxygen atoms in total. The van der Waals surface area contributed by atoms with Gasteiger partial charge in [-0.2, -0.15) is 0 Å². The van der Waals surface area contributed by atoms with Crippen molar-refractivity contribution in [1.29, 1.82) is 0 Å². The summed E-state index contributed by atoms with van der Waals surface area (Å²) in [6, 6.07) is 0. The highest BCUT2D eigenvalue weighted by Crippen LogP contribution is 2.30. The highest BCUT2D eigenvalue weighted by molar-refractivity contribution is 7.99. The van der Waals surface area contributed by atoms with Gasteiger partial charge in [-0.25, -0.2) is 4.98 Å². The highest BCUT2D eigenvalue weighted by atomic mass is 32.2. The van der Waals surface area contributed by atoms with Crippen LogP contribution in [0.15, 0.2) is 9.95 Å². The minimum Gasteiger partial charge on any atom is -0.379 e. The van der Waals surface area contributed by atoms with Gasteiger partial charge in [0.2, 0.25) is 0 Å². The standard InChI is InChI=1S/C18H27N3O2S2/c1-4-12(2)11-14-13(3)25-17-15(14)16(22)19-18(20-17)24-10-7-21-5-8-23-9-6-21/h12H,4-11H2,1-3H3,(H,19,20,22). The summed E-state index contributed by atoms with van der Waals surface area (Å²) in [5, 5.41) is 1.54.